The molecule has 0 bridgehead atoms. The van der Waals surface area contributed by atoms with Crippen LogP contribution in [0.25, 0.3) is 16.5 Å². The molecule has 0 radical (unpaired) electrons. The van der Waals surface area contributed by atoms with Crippen molar-refractivity contribution in [3.05, 3.63) is 96.6 Å². The van der Waals surface area contributed by atoms with Crippen molar-refractivity contribution in [2.24, 2.45) is 0 Å². The largest absolute Gasteiger partial charge is 0.306 e. The summed E-state index contributed by atoms with van der Waals surface area (Å²) in [5.41, 5.74) is 3.74. The normalized spacial score (nSPS) is 12.4. The van der Waals surface area contributed by atoms with E-state index in [0.717, 1.165) is 12.2 Å². The summed E-state index contributed by atoms with van der Waals surface area (Å²) in [5, 5.41) is 6.25. The first kappa shape index (κ1) is 15.6. The Morgan fingerprint density at radius 1 is 0.960 bits per heavy atom. The predicted octanol–water partition coefficient (Wildman–Crippen LogP) is 4.88. The highest BCUT2D eigenvalue weighted by Crippen LogP contribution is 2.24. The highest BCUT2D eigenvalue weighted by molar-refractivity contribution is 5.86. The number of nitrogens with zero attached hydrogens (tertiary/aromatic N) is 2. The van der Waals surface area contributed by atoms with Crippen LogP contribution in [-0.2, 0) is 6.54 Å². The van der Waals surface area contributed by atoms with Gasteiger partial charge in [-0.2, -0.15) is 0 Å². The maximum absolute atomic E-state index is 4.09. The lowest BCUT2D eigenvalue weighted by molar-refractivity contribution is 0.578. The molecule has 1 heterocycles. The average molecular weight is 327 g/mol. The highest BCUT2D eigenvalue weighted by atomic mass is 15.0. The fraction of sp³-hybridized carbons (Fsp3) is 0.136. The van der Waals surface area contributed by atoms with Crippen molar-refractivity contribution >= 4 is 10.8 Å². The number of hydrogen-bond acceptors (Lipinski definition) is 2. The lowest BCUT2D eigenvalue weighted by atomic mass is 9.99. The summed E-state index contributed by atoms with van der Waals surface area (Å²) in [5.74, 6) is 0. The van der Waals surface area contributed by atoms with Crippen LogP contribution in [0.2, 0.25) is 0 Å². The lowest BCUT2D eigenvalue weighted by Gasteiger charge is -2.17. The van der Waals surface area contributed by atoms with E-state index in [0.29, 0.717) is 6.04 Å². The summed E-state index contributed by atoms with van der Waals surface area (Å²) < 4.78 is 2.01. The van der Waals surface area contributed by atoms with Gasteiger partial charge in [0.15, 0.2) is 0 Å². The number of imidazole rings is 1. The Hall–Kier alpha value is -2.91. The quantitative estimate of drug-likeness (QED) is 0.566. The van der Waals surface area contributed by atoms with Crippen LogP contribution < -0.4 is 5.32 Å². The average Bonchev–Trinajstić information content (AvgIpc) is 3.21. The van der Waals surface area contributed by atoms with Gasteiger partial charge in [0.2, 0.25) is 0 Å². The van der Waals surface area contributed by atoms with E-state index in [9.17, 15) is 0 Å². The molecule has 0 spiro atoms. The Bertz CT molecular complexity index is 951. The van der Waals surface area contributed by atoms with Crippen molar-refractivity contribution in [3.8, 4) is 5.69 Å². The monoisotopic (exact) mass is 327 g/mol. The zero-order valence-corrected chi connectivity index (χ0v) is 14.3. The lowest BCUT2D eigenvalue weighted by Crippen LogP contribution is -2.18. The summed E-state index contributed by atoms with van der Waals surface area (Å²) >= 11 is 0. The van der Waals surface area contributed by atoms with Gasteiger partial charge in [0.25, 0.3) is 0 Å². The van der Waals surface area contributed by atoms with Crippen molar-refractivity contribution in [1.29, 1.82) is 0 Å². The zero-order chi connectivity index (χ0) is 17.1. The standard InChI is InChI=1S/C22H21N3/c1-17(21-8-4-6-19-5-2-3-7-22(19)21)24-15-18-9-11-20(12-10-18)25-14-13-23-16-25/h2-14,16-17,24H,15H2,1H3/t17-/m1/s1. The number of aromatic nitrogens is 2. The van der Waals surface area contributed by atoms with Crippen LogP contribution in [-0.4, -0.2) is 9.55 Å². The SMILES string of the molecule is C[C@@H](NCc1ccc(-n2ccnc2)cc1)c1cccc2ccccc12. The van der Waals surface area contributed by atoms with Crippen LogP contribution in [0, 0.1) is 0 Å². The van der Waals surface area contributed by atoms with E-state index in [1.54, 1.807) is 6.20 Å². The number of fused-ring (bicyclic) bond motifs is 1. The molecule has 0 amide bonds. The Balaban J connectivity index is 1.47. The van der Waals surface area contributed by atoms with Crippen LogP contribution in [0.3, 0.4) is 0 Å². The van der Waals surface area contributed by atoms with Crippen LogP contribution in [0.15, 0.2) is 85.5 Å². The first-order chi connectivity index (χ1) is 12.3. The second-order valence-corrected chi connectivity index (χ2v) is 6.31. The van der Waals surface area contributed by atoms with E-state index < -0.39 is 0 Å². The molecule has 1 aromatic heterocycles. The second-order valence-electron chi connectivity index (χ2n) is 6.31. The van der Waals surface area contributed by atoms with E-state index in [1.165, 1.54) is 21.9 Å². The fourth-order valence-corrected chi connectivity index (χ4v) is 3.21. The molecule has 0 saturated heterocycles. The molecule has 0 aliphatic rings. The highest BCUT2D eigenvalue weighted by Gasteiger charge is 2.08. The van der Waals surface area contributed by atoms with E-state index in [4.69, 9.17) is 0 Å². The number of rotatable bonds is 5. The molecule has 3 heteroatoms. The van der Waals surface area contributed by atoms with Crippen molar-refractivity contribution in [2.75, 3.05) is 0 Å². The maximum atomic E-state index is 4.09. The van der Waals surface area contributed by atoms with Crippen molar-refractivity contribution in [1.82, 2.24) is 14.9 Å². The summed E-state index contributed by atoms with van der Waals surface area (Å²) in [6.45, 7) is 3.07. The van der Waals surface area contributed by atoms with Gasteiger partial charge in [-0.25, -0.2) is 4.98 Å². The molecule has 4 aromatic rings. The molecule has 3 aromatic carbocycles. The third-order valence-electron chi connectivity index (χ3n) is 4.64. The first-order valence-corrected chi connectivity index (χ1v) is 8.59. The zero-order valence-electron chi connectivity index (χ0n) is 14.3. The van der Waals surface area contributed by atoms with Crippen molar-refractivity contribution in [2.45, 2.75) is 19.5 Å². The molecule has 0 unspecified atom stereocenters. The van der Waals surface area contributed by atoms with Crippen LogP contribution >= 0.6 is 0 Å². The summed E-state index contributed by atoms with van der Waals surface area (Å²) in [4.78, 5) is 4.09. The number of nitrogens with one attached hydrogen (secondary N) is 1. The van der Waals surface area contributed by atoms with E-state index >= 15 is 0 Å². The smallest absolute Gasteiger partial charge is 0.0991 e. The van der Waals surface area contributed by atoms with Gasteiger partial charge in [0.1, 0.15) is 0 Å². The molecule has 1 atom stereocenters. The molecule has 124 valence electrons. The minimum atomic E-state index is 0.291. The number of hydrogen-bond donors (Lipinski definition) is 1. The van der Waals surface area contributed by atoms with Gasteiger partial charge in [0, 0.05) is 30.7 Å². The molecular weight excluding hydrogens is 306 g/mol. The summed E-state index contributed by atoms with van der Waals surface area (Å²) in [6.07, 6.45) is 5.56. The van der Waals surface area contributed by atoms with Gasteiger partial charge >= 0.3 is 0 Å². The Kier molecular flexibility index (Phi) is 4.32. The van der Waals surface area contributed by atoms with E-state index in [1.807, 2.05) is 17.1 Å². The molecule has 4 rings (SSSR count). The van der Waals surface area contributed by atoms with Crippen molar-refractivity contribution < 1.29 is 0 Å². The van der Waals surface area contributed by atoms with E-state index in [-0.39, 0.29) is 0 Å². The molecule has 3 nitrogen and oxygen atoms in total. The van der Waals surface area contributed by atoms with Gasteiger partial charge in [-0.3, -0.25) is 0 Å². The number of benzene rings is 3. The van der Waals surface area contributed by atoms with Crippen LogP contribution in [0.5, 0.6) is 0 Å². The van der Waals surface area contributed by atoms with Crippen molar-refractivity contribution in [3.63, 3.8) is 0 Å². The third-order valence-corrected chi connectivity index (χ3v) is 4.64. The third kappa shape index (κ3) is 3.32. The van der Waals surface area contributed by atoms with Gasteiger partial charge in [0.05, 0.1) is 6.33 Å². The van der Waals surface area contributed by atoms with Gasteiger partial charge in [-0.15, -0.1) is 0 Å². The van der Waals surface area contributed by atoms with E-state index in [2.05, 4.69) is 84.0 Å². The Morgan fingerprint density at radius 3 is 2.56 bits per heavy atom. The molecule has 0 fully saturated rings. The Labute approximate surface area is 148 Å². The molecule has 25 heavy (non-hydrogen) atoms. The van der Waals surface area contributed by atoms with Crippen LogP contribution in [0.4, 0.5) is 0 Å². The molecule has 1 N–H and O–H groups in total. The summed E-state index contributed by atoms with van der Waals surface area (Å²) in [7, 11) is 0. The molecule has 0 saturated carbocycles. The fourth-order valence-electron chi connectivity index (χ4n) is 3.21. The van der Waals surface area contributed by atoms with Gasteiger partial charge in [-0.1, -0.05) is 54.6 Å². The Morgan fingerprint density at radius 2 is 1.76 bits per heavy atom. The molecule has 0 aliphatic carbocycles. The predicted molar refractivity (Wildman–Crippen MR) is 103 cm³/mol. The van der Waals surface area contributed by atoms with Gasteiger partial charge in [-0.05, 0) is 41.0 Å². The molecular formula is C22H21N3. The molecule has 0 aliphatic heterocycles. The van der Waals surface area contributed by atoms with Gasteiger partial charge < -0.3 is 9.88 Å². The van der Waals surface area contributed by atoms with Crippen LogP contribution in [0.1, 0.15) is 24.1 Å². The first-order valence-electron chi connectivity index (χ1n) is 8.59. The topological polar surface area (TPSA) is 29.9 Å². The maximum Gasteiger partial charge on any atom is 0.0991 e. The second kappa shape index (κ2) is 6.91. The minimum Gasteiger partial charge on any atom is -0.306 e. The summed E-state index contributed by atoms with van der Waals surface area (Å²) in [6, 6.07) is 23.9. The minimum absolute atomic E-state index is 0.291.